The minimum absolute atomic E-state index is 0.0831. The molecule has 0 saturated carbocycles. The molecule has 16 heteroatoms. The summed E-state index contributed by atoms with van der Waals surface area (Å²) < 4.78 is 105. The highest BCUT2D eigenvalue weighted by molar-refractivity contribution is 7.92. The lowest BCUT2D eigenvalue weighted by Gasteiger charge is -2.16. The third-order valence-corrected chi connectivity index (χ3v) is 7.40. The summed E-state index contributed by atoms with van der Waals surface area (Å²) in [4.78, 5) is 21.2. The number of nitrogen functional groups attached to an aromatic ring is 1. The zero-order valence-corrected chi connectivity index (χ0v) is 22.5. The number of fused-ring (bicyclic) bond motifs is 1. The quantitative estimate of drug-likeness (QED) is 0.243. The molecule has 3 N–H and O–H groups in total. The van der Waals surface area contributed by atoms with E-state index in [0.717, 1.165) is 35.9 Å². The van der Waals surface area contributed by atoms with E-state index in [1.165, 1.54) is 42.6 Å². The molecule has 0 aliphatic rings. The highest BCUT2D eigenvalue weighted by Crippen LogP contribution is 2.32. The van der Waals surface area contributed by atoms with Crippen LogP contribution in [0.3, 0.4) is 0 Å². The van der Waals surface area contributed by atoms with Crippen molar-refractivity contribution in [2.24, 2.45) is 0 Å². The van der Waals surface area contributed by atoms with E-state index in [1.807, 2.05) is 4.72 Å². The molecule has 0 spiro atoms. The normalized spacial score (nSPS) is 11.9. The van der Waals surface area contributed by atoms with E-state index in [1.54, 1.807) is 0 Å². The summed E-state index contributed by atoms with van der Waals surface area (Å²) in [5, 5.41) is -0.0831. The Morgan fingerprint density at radius 1 is 0.977 bits per heavy atom. The number of sulfonamides is 1. The van der Waals surface area contributed by atoms with Crippen molar-refractivity contribution < 1.29 is 39.8 Å². The molecule has 0 aliphatic heterocycles. The van der Waals surface area contributed by atoms with Crippen LogP contribution in [0.15, 0.2) is 82.6 Å². The number of para-hydroxylation sites is 2. The van der Waals surface area contributed by atoms with Gasteiger partial charge in [-0.25, -0.2) is 31.7 Å². The molecule has 0 bridgehead atoms. The van der Waals surface area contributed by atoms with Crippen molar-refractivity contribution in [3.05, 3.63) is 94.9 Å². The number of hydrogen-bond donors (Lipinski definition) is 2. The number of ether oxygens (including phenoxy) is 2. The maximum atomic E-state index is 14.2. The fourth-order valence-corrected chi connectivity index (χ4v) is 5.39. The maximum Gasteiger partial charge on any atom is 0.573 e. The highest BCUT2D eigenvalue weighted by Gasteiger charge is 2.33. The number of rotatable bonds is 7. The van der Waals surface area contributed by atoms with E-state index in [9.17, 15) is 35.2 Å². The van der Waals surface area contributed by atoms with Crippen LogP contribution < -0.4 is 25.5 Å². The van der Waals surface area contributed by atoms with Gasteiger partial charge in [0.1, 0.15) is 16.5 Å². The van der Waals surface area contributed by atoms with Crippen LogP contribution in [0.25, 0.3) is 27.7 Å². The Labute approximate surface area is 239 Å². The monoisotopic (exact) mass is 619 g/mol. The van der Waals surface area contributed by atoms with Crippen molar-refractivity contribution in [2.45, 2.75) is 11.3 Å². The molecule has 2 aromatic heterocycles. The number of benzene rings is 3. The fourth-order valence-electron chi connectivity index (χ4n) is 4.18. The van der Waals surface area contributed by atoms with Crippen molar-refractivity contribution in [3.63, 3.8) is 0 Å². The van der Waals surface area contributed by atoms with Gasteiger partial charge in [0.25, 0.3) is 15.6 Å². The second kappa shape index (κ2) is 10.9. The summed E-state index contributed by atoms with van der Waals surface area (Å²) in [6, 6.07) is 12.5. The van der Waals surface area contributed by atoms with Gasteiger partial charge in [-0.3, -0.25) is 9.52 Å². The van der Waals surface area contributed by atoms with Gasteiger partial charge in [-0.2, -0.15) is 0 Å². The third kappa shape index (κ3) is 5.90. The molecule has 5 rings (SSSR count). The first-order chi connectivity index (χ1) is 20.3. The van der Waals surface area contributed by atoms with Gasteiger partial charge in [0.2, 0.25) is 11.8 Å². The number of nitrogens with two attached hydrogens (primary N) is 1. The van der Waals surface area contributed by atoms with Crippen molar-refractivity contribution in [1.29, 1.82) is 0 Å². The molecule has 3 aromatic carbocycles. The molecule has 2 heterocycles. The summed E-state index contributed by atoms with van der Waals surface area (Å²) in [6.07, 6.45) is -3.81. The zero-order chi connectivity index (χ0) is 31.1. The SMILES string of the molecule is COc1ncc(-c2ccc3nc(N)n(-c4ccccc4OC(F)(F)F)c(=O)c3c2)cc1S(=O)(=O)Nc1ccc(F)cc1F. The first kappa shape index (κ1) is 29.2. The Kier molecular flexibility index (Phi) is 7.39. The molecule has 0 unspecified atom stereocenters. The minimum Gasteiger partial charge on any atom is -0.480 e. The lowest BCUT2D eigenvalue weighted by atomic mass is 10.1. The fraction of sp³-hybridized carbons (Fsp3) is 0.0741. The molecule has 0 radical (unpaired) electrons. The topological polar surface area (TPSA) is 138 Å². The Morgan fingerprint density at radius 2 is 1.72 bits per heavy atom. The van der Waals surface area contributed by atoms with Gasteiger partial charge in [0.15, 0.2) is 5.75 Å². The Balaban J connectivity index is 1.62. The molecule has 222 valence electrons. The summed E-state index contributed by atoms with van der Waals surface area (Å²) in [5.41, 5.74) is 4.77. The molecule has 0 atom stereocenters. The zero-order valence-electron chi connectivity index (χ0n) is 21.7. The molecule has 0 saturated heterocycles. The third-order valence-electron chi connectivity index (χ3n) is 6.04. The van der Waals surface area contributed by atoms with Gasteiger partial charge in [-0.05, 0) is 48.0 Å². The average Bonchev–Trinajstić information content (AvgIpc) is 2.94. The van der Waals surface area contributed by atoms with Crippen LogP contribution in [0, 0.1) is 11.6 Å². The predicted octanol–water partition coefficient (Wildman–Crippen LogP) is 5.02. The van der Waals surface area contributed by atoms with E-state index in [0.29, 0.717) is 6.07 Å². The van der Waals surface area contributed by atoms with Crippen LogP contribution in [0.2, 0.25) is 0 Å². The van der Waals surface area contributed by atoms with E-state index in [-0.39, 0.29) is 33.6 Å². The number of halogens is 5. The first-order valence-corrected chi connectivity index (χ1v) is 13.5. The van der Waals surface area contributed by atoms with Crippen molar-refractivity contribution in [1.82, 2.24) is 14.5 Å². The molecule has 0 aliphatic carbocycles. The lowest BCUT2D eigenvalue weighted by molar-refractivity contribution is -0.274. The van der Waals surface area contributed by atoms with E-state index in [2.05, 4.69) is 14.7 Å². The molecular formula is C27H18F5N5O5S. The van der Waals surface area contributed by atoms with E-state index < -0.39 is 55.9 Å². The Bertz CT molecular complexity index is 2050. The smallest absolute Gasteiger partial charge is 0.480 e. The minimum atomic E-state index is -5.05. The van der Waals surface area contributed by atoms with Crippen LogP contribution in [0.5, 0.6) is 11.6 Å². The van der Waals surface area contributed by atoms with Gasteiger partial charge in [-0.1, -0.05) is 18.2 Å². The number of pyridine rings is 1. The molecule has 0 amide bonds. The Morgan fingerprint density at radius 3 is 2.42 bits per heavy atom. The number of nitrogens with zero attached hydrogens (tertiary/aromatic N) is 3. The number of aromatic nitrogens is 3. The van der Waals surface area contributed by atoms with Gasteiger partial charge in [-0.15, -0.1) is 13.2 Å². The van der Waals surface area contributed by atoms with Crippen molar-refractivity contribution in [3.8, 4) is 28.4 Å². The molecular weight excluding hydrogens is 601 g/mol. The lowest BCUT2D eigenvalue weighted by Crippen LogP contribution is -2.25. The summed E-state index contributed by atoms with van der Waals surface area (Å²) in [5.74, 6) is -3.53. The summed E-state index contributed by atoms with van der Waals surface area (Å²) >= 11 is 0. The number of alkyl halides is 3. The largest absolute Gasteiger partial charge is 0.573 e. The van der Waals surface area contributed by atoms with Gasteiger partial charge in [0, 0.05) is 17.8 Å². The van der Waals surface area contributed by atoms with E-state index in [4.69, 9.17) is 10.5 Å². The number of methoxy groups -OCH3 is 1. The second-order valence-electron chi connectivity index (χ2n) is 8.82. The number of nitrogens with one attached hydrogen (secondary N) is 1. The van der Waals surface area contributed by atoms with Crippen molar-refractivity contribution >= 4 is 32.6 Å². The molecule has 5 aromatic rings. The van der Waals surface area contributed by atoms with Crippen LogP contribution in [0.4, 0.5) is 33.6 Å². The predicted molar refractivity (Wildman–Crippen MR) is 145 cm³/mol. The summed E-state index contributed by atoms with van der Waals surface area (Å²) in [6.45, 7) is 0. The number of hydrogen-bond acceptors (Lipinski definition) is 8. The van der Waals surface area contributed by atoms with Gasteiger partial charge < -0.3 is 15.2 Å². The maximum absolute atomic E-state index is 14.2. The summed E-state index contributed by atoms with van der Waals surface area (Å²) in [7, 11) is -3.38. The molecule has 0 fully saturated rings. The first-order valence-electron chi connectivity index (χ1n) is 12.0. The highest BCUT2D eigenvalue weighted by atomic mass is 32.2. The van der Waals surface area contributed by atoms with E-state index >= 15 is 0 Å². The van der Waals surface area contributed by atoms with Gasteiger partial charge in [0.05, 0.1) is 29.4 Å². The second-order valence-corrected chi connectivity index (χ2v) is 10.5. The van der Waals surface area contributed by atoms with Crippen LogP contribution >= 0.6 is 0 Å². The molecule has 10 nitrogen and oxygen atoms in total. The van der Waals surface area contributed by atoms with Crippen LogP contribution in [-0.2, 0) is 10.0 Å². The average molecular weight is 620 g/mol. The Hall–Kier alpha value is -5.25. The van der Waals surface area contributed by atoms with Gasteiger partial charge >= 0.3 is 6.36 Å². The standard InChI is InChI=1S/C27H18F5N5O5S/c1-41-24-23(43(39,40)36-20-9-7-16(28)12-18(20)29)11-15(13-34-24)14-6-8-19-17(10-14)25(38)37(26(33)35-19)21-4-2-3-5-22(21)42-27(30,31)32/h2-13,36H,1H3,(H2,33,35). The number of anilines is 2. The van der Waals surface area contributed by atoms with Crippen molar-refractivity contribution in [2.75, 3.05) is 17.6 Å². The van der Waals surface area contributed by atoms with Crippen LogP contribution in [0.1, 0.15) is 0 Å². The molecule has 43 heavy (non-hydrogen) atoms. The van der Waals surface area contributed by atoms with Crippen LogP contribution in [-0.4, -0.2) is 36.4 Å².